The van der Waals surface area contributed by atoms with Crippen LogP contribution in [0.15, 0.2) is 5.11 Å². The van der Waals surface area contributed by atoms with Gasteiger partial charge in [0.05, 0.1) is 13.2 Å². The first-order valence-electron chi connectivity index (χ1n) is 4.59. The molecule has 1 rings (SSSR count). The number of carbonyl (C=O) groups excluding carboxylic acids is 1. The second kappa shape index (κ2) is 5.53. The maximum absolute atomic E-state index is 13.4. The first kappa shape index (κ1) is 11.7. The normalized spacial score (nSPS) is 30.4. The fourth-order valence-electron chi connectivity index (χ4n) is 1.44. The van der Waals surface area contributed by atoms with Crippen LogP contribution in [0, 0.1) is 0 Å². The molecule has 0 spiro atoms. The van der Waals surface area contributed by atoms with Crippen molar-refractivity contribution >= 4 is 5.97 Å². The lowest BCUT2D eigenvalue weighted by Gasteiger charge is -2.32. The molecule has 0 aromatic rings. The molecule has 1 aliphatic heterocycles. The molecule has 1 saturated heterocycles. The van der Waals surface area contributed by atoms with E-state index in [1.54, 1.807) is 0 Å². The monoisotopic (exact) mass is 217 g/mol. The molecule has 1 fully saturated rings. The highest BCUT2D eigenvalue weighted by atomic mass is 19.1. The minimum Gasteiger partial charge on any atom is -0.457 e. The van der Waals surface area contributed by atoms with Crippen LogP contribution in [0.25, 0.3) is 10.4 Å². The van der Waals surface area contributed by atoms with E-state index in [1.165, 1.54) is 6.92 Å². The van der Waals surface area contributed by atoms with Gasteiger partial charge in [0.1, 0.15) is 12.3 Å². The average molecular weight is 217 g/mol. The Morgan fingerprint density at radius 3 is 3.13 bits per heavy atom. The summed E-state index contributed by atoms with van der Waals surface area (Å²) in [4.78, 5) is 13.3. The van der Waals surface area contributed by atoms with E-state index in [2.05, 4.69) is 10.0 Å². The topological polar surface area (TPSA) is 84.3 Å². The number of ether oxygens (including phenoxy) is 2. The molecule has 0 bridgehead atoms. The molecule has 1 aliphatic rings. The number of alkyl halides is 1. The van der Waals surface area contributed by atoms with Crippen molar-refractivity contribution in [1.82, 2.24) is 0 Å². The van der Waals surface area contributed by atoms with Crippen molar-refractivity contribution in [3.05, 3.63) is 10.4 Å². The molecule has 0 aromatic carbocycles. The lowest BCUT2D eigenvalue weighted by atomic mass is 10.0. The Kier molecular flexibility index (Phi) is 4.33. The third-order valence-corrected chi connectivity index (χ3v) is 2.08. The Bertz CT molecular complexity index is 280. The summed E-state index contributed by atoms with van der Waals surface area (Å²) in [5.41, 5.74) is 8.13. The van der Waals surface area contributed by atoms with Gasteiger partial charge in [0.25, 0.3) is 0 Å². The molecule has 84 valence electrons. The van der Waals surface area contributed by atoms with Crippen LogP contribution in [0.5, 0.6) is 0 Å². The number of carbonyl (C=O) groups is 1. The van der Waals surface area contributed by atoms with Gasteiger partial charge in [0, 0.05) is 18.3 Å². The van der Waals surface area contributed by atoms with Crippen molar-refractivity contribution in [2.45, 2.75) is 31.7 Å². The van der Waals surface area contributed by atoms with Crippen molar-refractivity contribution in [3.8, 4) is 0 Å². The molecule has 7 heteroatoms. The van der Waals surface area contributed by atoms with Gasteiger partial charge in [0.2, 0.25) is 0 Å². The van der Waals surface area contributed by atoms with Crippen LogP contribution in [-0.2, 0) is 14.3 Å². The highest BCUT2D eigenvalue weighted by Gasteiger charge is 2.36. The van der Waals surface area contributed by atoms with E-state index in [9.17, 15) is 9.18 Å². The largest absolute Gasteiger partial charge is 0.457 e. The van der Waals surface area contributed by atoms with Crippen molar-refractivity contribution < 1.29 is 18.7 Å². The number of halogens is 1. The summed E-state index contributed by atoms with van der Waals surface area (Å²) in [6.07, 6.45) is -2.73. The van der Waals surface area contributed by atoms with Gasteiger partial charge in [-0.3, -0.25) is 4.79 Å². The third kappa shape index (κ3) is 3.38. The van der Waals surface area contributed by atoms with Crippen LogP contribution in [0.3, 0.4) is 0 Å². The van der Waals surface area contributed by atoms with Gasteiger partial charge in [-0.05, 0) is 5.53 Å². The molecule has 0 unspecified atom stereocenters. The quantitative estimate of drug-likeness (QED) is 0.309. The Morgan fingerprint density at radius 2 is 2.53 bits per heavy atom. The fraction of sp³-hybridized carbons (Fsp3) is 0.875. The van der Waals surface area contributed by atoms with Crippen LogP contribution < -0.4 is 0 Å². The van der Waals surface area contributed by atoms with Gasteiger partial charge in [-0.15, -0.1) is 0 Å². The molecule has 1 heterocycles. The minimum absolute atomic E-state index is 0.0329. The maximum Gasteiger partial charge on any atom is 0.303 e. The van der Waals surface area contributed by atoms with E-state index in [0.29, 0.717) is 0 Å². The zero-order chi connectivity index (χ0) is 11.3. The van der Waals surface area contributed by atoms with E-state index in [4.69, 9.17) is 15.0 Å². The highest BCUT2D eigenvalue weighted by Crippen LogP contribution is 2.21. The SMILES string of the molecule is CC(=O)O[C@@H]1[C@H](F)CCO[C@@H]1CN=[N+]=[N-]. The smallest absolute Gasteiger partial charge is 0.303 e. The summed E-state index contributed by atoms with van der Waals surface area (Å²) >= 11 is 0. The first-order chi connectivity index (χ1) is 7.15. The number of nitrogens with zero attached hydrogens (tertiary/aromatic N) is 3. The standard InChI is InChI=1S/C8H12FN3O3/c1-5(13)15-8-6(9)2-3-14-7(8)4-11-12-10/h6-8H,2-4H2,1H3/t6-,7-,8-/m1/s1. The second-order valence-electron chi connectivity index (χ2n) is 3.20. The highest BCUT2D eigenvalue weighted by molar-refractivity contribution is 5.66. The molecule has 0 aliphatic carbocycles. The number of azide groups is 1. The van der Waals surface area contributed by atoms with Gasteiger partial charge in [-0.2, -0.15) is 0 Å². The summed E-state index contributed by atoms with van der Waals surface area (Å²) in [6.45, 7) is 1.41. The lowest BCUT2D eigenvalue weighted by Crippen LogP contribution is -2.46. The molecular formula is C8H12FN3O3. The molecular weight excluding hydrogens is 205 g/mol. The van der Waals surface area contributed by atoms with E-state index in [-0.39, 0.29) is 19.6 Å². The molecule has 15 heavy (non-hydrogen) atoms. The lowest BCUT2D eigenvalue weighted by molar-refractivity contribution is -0.170. The van der Waals surface area contributed by atoms with E-state index in [1.807, 2.05) is 0 Å². The van der Waals surface area contributed by atoms with Crippen LogP contribution in [0.4, 0.5) is 4.39 Å². The van der Waals surface area contributed by atoms with E-state index in [0.717, 1.165) is 0 Å². The first-order valence-corrected chi connectivity index (χ1v) is 4.59. The Balaban J connectivity index is 2.63. The zero-order valence-electron chi connectivity index (χ0n) is 8.30. The zero-order valence-corrected chi connectivity index (χ0v) is 8.30. The molecule has 0 N–H and O–H groups in total. The maximum atomic E-state index is 13.4. The van der Waals surface area contributed by atoms with Gasteiger partial charge in [0.15, 0.2) is 6.10 Å². The van der Waals surface area contributed by atoms with Crippen LogP contribution in [-0.4, -0.2) is 37.5 Å². The van der Waals surface area contributed by atoms with Crippen molar-refractivity contribution in [1.29, 1.82) is 0 Å². The summed E-state index contributed by atoms with van der Waals surface area (Å²) in [5.74, 6) is -0.570. The Morgan fingerprint density at radius 1 is 1.80 bits per heavy atom. The van der Waals surface area contributed by atoms with Gasteiger partial charge >= 0.3 is 5.97 Å². The predicted octanol–water partition coefficient (Wildman–Crippen LogP) is 1.36. The Hall–Kier alpha value is -1.33. The molecule has 0 aromatic heterocycles. The van der Waals surface area contributed by atoms with Crippen LogP contribution in [0.1, 0.15) is 13.3 Å². The number of esters is 1. The second-order valence-corrected chi connectivity index (χ2v) is 3.20. The van der Waals surface area contributed by atoms with E-state index < -0.39 is 24.3 Å². The van der Waals surface area contributed by atoms with Gasteiger partial charge < -0.3 is 9.47 Å². The number of hydrogen-bond acceptors (Lipinski definition) is 4. The number of hydrogen-bond donors (Lipinski definition) is 0. The predicted molar refractivity (Wildman–Crippen MR) is 48.8 cm³/mol. The summed E-state index contributed by atoms with van der Waals surface area (Å²) in [6, 6.07) is 0. The van der Waals surface area contributed by atoms with Crippen LogP contribution in [0.2, 0.25) is 0 Å². The summed E-state index contributed by atoms with van der Waals surface area (Å²) < 4.78 is 23.4. The summed E-state index contributed by atoms with van der Waals surface area (Å²) in [7, 11) is 0. The van der Waals surface area contributed by atoms with Gasteiger partial charge in [-0.25, -0.2) is 4.39 Å². The molecule has 0 amide bonds. The average Bonchev–Trinajstić information content (AvgIpc) is 2.18. The van der Waals surface area contributed by atoms with Crippen molar-refractivity contribution in [2.75, 3.05) is 13.2 Å². The van der Waals surface area contributed by atoms with E-state index >= 15 is 0 Å². The van der Waals surface area contributed by atoms with Crippen LogP contribution >= 0.6 is 0 Å². The molecule has 3 atom stereocenters. The molecule has 0 radical (unpaired) electrons. The minimum atomic E-state index is -1.26. The van der Waals surface area contributed by atoms with Crippen molar-refractivity contribution in [3.63, 3.8) is 0 Å². The fourth-order valence-corrected chi connectivity index (χ4v) is 1.44. The summed E-state index contributed by atoms with van der Waals surface area (Å²) in [5, 5.41) is 3.29. The molecule has 6 nitrogen and oxygen atoms in total. The number of rotatable bonds is 3. The molecule has 0 saturated carbocycles. The van der Waals surface area contributed by atoms with Crippen molar-refractivity contribution in [2.24, 2.45) is 5.11 Å². The van der Waals surface area contributed by atoms with Gasteiger partial charge in [-0.1, -0.05) is 5.11 Å². The third-order valence-electron chi connectivity index (χ3n) is 2.08. The Labute approximate surface area is 86.0 Å².